The Morgan fingerprint density at radius 2 is 2.12 bits per heavy atom. The minimum Gasteiger partial charge on any atom is -0.370 e. The lowest BCUT2D eigenvalue weighted by Gasteiger charge is -2.34. The summed E-state index contributed by atoms with van der Waals surface area (Å²) in [6.45, 7) is 5.46. The Hall–Kier alpha value is -0.340. The van der Waals surface area contributed by atoms with E-state index < -0.39 is 0 Å². The van der Waals surface area contributed by atoms with Crippen molar-refractivity contribution in [3.8, 4) is 0 Å². The second-order valence-electron chi connectivity index (χ2n) is 5.39. The molecule has 1 atom stereocenters. The highest BCUT2D eigenvalue weighted by atomic mass is 79.9. The fourth-order valence-corrected chi connectivity index (χ4v) is 3.10. The molecular weight excluding hydrogens is 264 g/mol. The fraction of sp³-hybridized carbons (Fsp3) is 0.571. The second-order valence-corrected chi connectivity index (χ2v) is 6.30. The van der Waals surface area contributed by atoms with Crippen LogP contribution >= 0.6 is 15.9 Å². The van der Waals surface area contributed by atoms with Gasteiger partial charge in [0.1, 0.15) is 0 Å². The molecule has 0 amide bonds. The number of hydrogen-bond donors (Lipinski definition) is 0. The average Bonchev–Trinajstić information content (AvgIpc) is 3.00. The summed E-state index contributed by atoms with van der Waals surface area (Å²) in [6, 6.07) is 6.71. The molecule has 2 heteroatoms. The molecule has 0 saturated heterocycles. The van der Waals surface area contributed by atoms with Crippen molar-refractivity contribution < 1.29 is 4.74 Å². The number of ether oxygens (including phenoxy) is 1. The SMILES string of the molecule is CC(C)C1COC2(CC2)c2cc(Br)ccc21. The molecule has 1 unspecified atom stereocenters. The van der Waals surface area contributed by atoms with Crippen molar-refractivity contribution in [1.29, 1.82) is 0 Å². The standard InChI is InChI=1S/C14H17BrO/c1-9(2)12-8-16-14(5-6-14)13-7-10(15)3-4-11(12)13/h3-4,7,9,12H,5-6,8H2,1-2H3. The number of halogens is 1. The van der Waals surface area contributed by atoms with Gasteiger partial charge in [0.15, 0.2) is 0 Å². The zero-order chi connectivity index (χ0) is 11.3. The summed E-state index contributed by atoms with van der Waals surface area (Å²) in [6.07, 6.45) is 2.39. The van der Waals surface area contributed by atoms with Crippen molar-refractivity contribution in [2.24, 2.45) is 5.92 Å². The molecule has 1 fully saturated rings. The third-order valence-corrected chi connectivity index (χ3v) is 4.45. The van der Waals surface area contributed by atoms with Gasteiger partial charge < -0.3 is 4.74 Å². The number of benzene rings is 1. The molecule has 0 aromatic heterocycles. The lowest BCUT2D eigenvalue weighted by atomic mass is 9.82. The van der Waals surface area contributed by atoms with Crippen LogP contribution in [-0.2, 0) is 10.3 Å². The molecule has 86 valence electrons. The summed E-state index contributed by atoms with van der Waals surface area (Å²) < 4.78 is 7.28. The Labute approximate surface area is 105 Å². The topological polar surface area (TPSA) is 9.23 Å². The van der Waals surface area contributed by atoms with Gasteiger partial charge in [-0.25, -0.2) is 0 Å². The van der Waals surface area contributed by atoms with Gasteiger partial charge in [0, 0.05) is 10.4 Å². The van der Waals surface area contributed by atoms with E-state index in [2.05, 4.69) is 48.0 Å². The maximum Gasteiger partial charge on any atom is 0.0937 e. The molecule has 1 aliphatic carbocycles. The van der Waals surface area contributed by atoms with Crippen LogP contribution in [0.1, 0.15) is 43.7 Å². The molecule has 1 spiro atoms. The van der Waals surface area contributed by atoms with Crippen molar-refractivity contribution in [2.75, 3.05) is 6.61 Å². The van der Waals surface area contributed by atoms with Gasteiger partial charge in [0.2, 0.25) is 0 Å². The molecule has 0 radical (unpaired) electrons. The average molecular weight is 281 g/mol. The zero-order valence-electron chi connectivity index (χ0n) is 9.79. The molecule has 3 rings (SSSR count). The predicted molar refractivity (Wildman–Crippen MR) is 68.6 cm³/mol. The molecule has 1 heterocycles. The van der Waals surface area contributed by atoms with Crippen molar-refractivity contribution >= 4 is 15.9 Å². The third kappa shape index (κ3) is 1.54. The van der Waals surface area contributed by atoms with E-state index in [0.717, 1.165) is 6.61 Å². The lowest BCUT2D eigenvalue weighted by molar-refractivity contribution is -0.00162. The van der Waals surface area contributed by atoms with Crippen LogP contribution in [0.15, 0.2) is 22.7 Å². The minimum atomic E-state index is 0.0878. The van der Waals surface area contributed by atoms with Crippen LogP contribution in [-0.4, -0.2) is 6.61 Å². The highest BCUT2D eigenvalue weighted by Gasteiger charge is 2.50. The van der Waals surface area contributed by atoms with Crippen LogP contribution in [0.25, 0.3) is 0 Å². The smallest absolute Gasteiger partial charge is 0.0937 e. The Balaban J connectivity index is 2.10. The van der Waals surface area contributed by atoms with Crippen LogP contribution in [0, 0.1) is 5.92 Å². The van der Waals surface area contributed by atoms with Crippen LogP contribution in [0.4, 0.5) is 0 Å². The van der Waals surface area contributed by atoms with Gasteiger partial charge in [-0.1, -0.05) is 35.8 Å². The normalized spacial score (nSPS) is 25.9. The Bertz CT molecular complexity index is 421. The van der Waals surface area contributed by atoms with E-state index in [1.807, 2.05) is 0 Å². The van der Waals surface area contributed by atoms with Crippen molar-refractivity contribution in [3.05, 3.63) is 33.8 Å². The molecule has 0 bridgehead atoms. The molecule has 1 saturated carbocycles. The quantitative estimate of drug-likeness (QED) is 0.749. The predicted octanol–water partition coefficient (Wildman–Crippen LogP) is 4.21. The number of hydrogen-bond acceptors (Lipinski definition) is 1. The van der Waals surface area contributed by atoms with E-state index in [-0.39, 0.29) is 5.60 Å². The van der Waals surface area contributed by atoms with Crippen LogP contribution in [0.5, 0.6) is 0 Å². The fourth-order valence-electron chi connectivity index (χ4n) is 2.74. The second kappa shape index (κ2) is 3.58. The maximum atomic E-state index is 6.11. The highest BCUT2D eigenvalue weighted by Crippen LogP contribution is 2.55. The summed E-state index contributed by atoms with van der Waals surface area (Å²) in [7, 11) is 0. The van der Waals surface area contributed by atoms with Gasteiger partial charge in [-0.05, 0) is 42.0 Å². The molecule has 1 nitrogen and oxygen atoms in total. The van der Waals surface area contributed by atoms with E-state index >= 15 is 0 Å². The lowest BCUT2D eigenvalue weighted by Crippen LogP contribution is -2.28. The van der Waals surface area contributed by atoms with E-state index in [9.17, 15) is 0 Å². The summed E-state index contributed by atoms with van der Waals surface area (Å²) >= 11 is 3.57. The van der Waals surface area contributed by atoms with E-state index in [0.29, 0.717) is 11.8 Å². The summed E-state index contributed by atoms with van der Waals surface area (Å²) in [5, 5.41) is 0. The molecule has 2 aliphatic rings. The molecule has 1 aromatic rings. The zero-order valence-corrected chi connectivity index (χ0v) is 11.4. The third-order valence-electron chi connectivity index (χ3n) is 3.95. The number of rotatable bonds is 1. The first kappa shape index (κ1) is 10.8. The Kier molecular flexibility index (Phi) is 2.41. The first-order chi connectivity index (χ1) is 7.62. The first-order valence-electron chi connectivity index (χ1n) is 6.06. The van der Waals surface area contributed by atoms with Gasteiger partial charge in [0.05, 0.1) is 12.2 Å². The van der Waals surface area contributed by atoms with Gasteiger partial charge in [0.25, 0.3) is 0 Å². The van der Waals surface area contributed by atoms with Crippen molar-refractivity contribution in [2.45, 2.75) is 38.2 Å². The van der Waals surface area contributed by atoms with Gasteiger partial charge in [-0.2, -0.15) is 0 Å². The van der Waals surface area contributed by atoms with Gasteiger partial charge >= 0.3 is 0 Å². The largest absolute Gasteiger partial charge is 0.370 e. The molecular formula is C14H17BrO. The number of fused-ring (bicyclic) bond motifs is 2. The molecule has 0 N–H and O–H groups in total. The molecule has 1 aromatic carbocycles. The maximum absolute atomic E-state index is 6.11. The summed E-state index contributed by atoms with van der Waals surface area (Å²) in [5.74, 6) is 1.21. The summed E-state index contributed by atoms with van der Waals surface area (Å²) in [5.41, 5.74) is 3.04. The summed E-state index contributed by atoms with van der Waals surface area (Å²) in [4.78, 5) is 0. The van der Waals surface area contributed by atoms with Crippen LogP contribution < -0.4 is 0 Å². The van der Waals surface area contributed by atoms with E-state index in [4.69, 9.17) is 4.74 Å². The minimum absolute atomic E-state index is 0.0878. The molecule has 1 aliphatic heterocycles. The van der Waals surface area contributed by atoms with Gasteiger partial charge in [-0.15, -0.1) is 0 Å². The Morgan fingerprint density at radius 3 is 2.75 bits per heavy atom. The monoisotopic (exact) mass is 280 g/mol. The van der Waals surface area contributed by atoms with Crippen molar-refractivity contribution in [3.63, 3.8) is 0 Å². The van der Waals surface area contributed by atoms with Crippen LogP contribution in [0.2, 0.25) is 0 Å². The van der Waals surface area contributed by atoms with E-state index in [1.165, 1.54) is 28.4 Å². The first-order valence-corrected chi connectivity index (χ1v) is 6.85. The Morgan fingerprint density at radius 1 is 1.38 bits per heavy atom. The molecule has 16 heavy (non-hydrogen) atoms. The highest BCUT2D eigenvalue weighted by molar-refractivity contribution is 9.10. The van der Waals surface area contributed by atoms with E-state index in [1.54, 1.807) is 0 Å². The van der Waals surface area contributed by atoms with Crippen LogP contribution in [0.3, 0.4) is 0 Å². The van der Waals surface area contributed by atoms with Gasteiger partial charge in [-0.3, -0.25) is 0 Å². The van der Waals surface area contributed by atoms with Crippen molar-refractivity contribution in [1.82, 2.24) is 0 Å².